The fourth-order valence-electron chi connectivity index (χ4n) is 3.03. The summed E-state index contributed by atoms with van der Waals surface area (Å²) in [6.45, 7) is 0.245. The summed E-state index contributed by atoms with van der Waals surface area (Å²) in [4.78, 5) is 9.04. The van der Waals surface area contributed by atoms with Gasteiger partial charge in [-0.15, -0.1) is 5.10 Å². The molecule has 0 amide bonds. The third kappa shape index (κ3) is 2.24. The van der Waals surface area contributed by atoms with E-state index in [2.05, 4.69) is 10.1 Å². The SMILES string of the molecule is Nc1nc2c3c(Cl)cccc3nc(Cc3ccc4c(c3)OCO4)n2n1. The second kappa shape index (κ2) is 5.22. The van der Waals surface area contributed by atoms with Crippen LogP contribution in [0.3, 0.4) is 0 Å². The van der Waals surface area contributed by atoms with Gasteiger partial charge in [-0.05, 0) is 29.8 Å². The number of hydrogen-bond donors (Lipinski definition) is 1. The zero-order chi connectivity index (χ0) is 17.0. The van der Waals surface area contributed by atoms with Gasteiger partial charge in [-0.1, -0.05) is 23.7 Å². The Bertz CT molecular complexity index is 1140. The normalized spacial score (nSPS) is 13.0. The standard InChI is InChI=1S/C17H12ClN5O2/c18-10-2-1-3-11-15(10)16-21-17(19)22-23(16)14(20-11)7-9-4-5-12-13(6-9)25-8-24-12/h1-6H,7-8H2,(H2,19,22). The molecule has 1 aliphatic rings. The topological polar surface area (TPSA) is 87.6 Å². The lowest BCUT2D eigenvalue weighted by atomic mass is 10.1. The molecule has 8 heteroatoms. The lowest BCUT2D eigenvalue weighted by Gasteiger charge is -2.08. The molecule has 4 aromatic rings. The number of anilines is 1. The summed E-state index contributed by atoms with van der Waals surface area (Å²) < 4.78 is 12.4. The number of benzene rings is 2. The molecule has 124 valence electrons. The molecule has 0 radical (unpaired) electrons. The van der Waals surface area contributed by atoms with E-state index in [-0.39, 0.29) is 12.7 Å². The number of nitrogens with zero attached hydrogens (tertiary/aromatic N) is 4. The molecule has 0 saturated carbocycles. The van der Waals surface area contributed by atoms with Crippen LogP contribution in [0.15, 0.2) is 36.4 Å². The predicted molar refractivity (Wildman–Crippen MR) is 93.1 cm³/mol. The number of hydrogen-bond acceptors (Lipinski definition) is 6. The Kier molecular flexibility index (Phi) is 2.98. The van der Waals surface area contributed by atoms with Gasteiger partial charge in [0.1, 0.15) is 5.82 Å². The van der Waals surface area contributed by atoms with Crippen LogP contribution in [0.4, 0.5) is 5.95 Å². The molecular weight excluding hydrogens is 342 g/mol. The van der Waals surface area contributed by atoms with E-state index in [1.54, 1.807) is 10.6 Å². The Hall–Kier alpha value is -3.06. The first-order valence-corrected chi connectivity index (χ1v) is 8.05. The Labute approximate surface area is 147 Å². The molecule has 0 atom stereocenters. The molecule has 5 rings (SSSR count). The smallest absolute Gasteiger partial charge is 0.240 e. The van der Waals surface area contributed by atoms with Gasteiger partial charge in [0.05, 0.1) is 15.9 Å². The Morgan fingerprint density at radius 1 is 1.12 bits per heavy atom. The maximum atomic E-state index is 6.33. The number of halogens is 1. The van der Waals surface area contributed by atoms with Crippen LogP contribution in [-0.2, 0) is 6.42 Å². The third-order valence-electron chi connectivity index (χ3n) is 4.13. The maximum absolute atomic E-state index is 6.33. The van der Waals surface area contributed by atoms with Crippen molar-refractivity contribution in [3.8, 4) is 11.5 Å². The van der Waals surface area contributed by atoms with Crippen molar-refractivity contribution in [2.45, 2.75) is 6.42 Å². The van der Waals surface area contributed by atoms with Crippen LogP contribution in [0.25, 0.3) is 16.6 Å². The number of aromatic nitrogens is 4. The van der Waals surface area contributed by atoms with E-state index in [4.69, 9.17) is 31.8 Å². The second-order valence-electron chi connectivity index (χ2n) is 5.73. The van der Waals surface area contributed by atoms with Gasteiger partial charge in [-0.25, -0.2) is 4.98 Å². The highest BCUT2D eigenvalue weighted by Crippen LogP contribution is 2.33. The van der Waals surface area contributed by atoms with Crippen molar-refractivity contribution in [3.63, 3.8) is 0 Å². The molecule has 7 nitrogen and oxygen atoms in total. The van der Waals surface area contributed by atoms with Gasteiger partial charge in [-0.3, -0.25) is 0 Å². The molecule has 2 aromatic heterocycles. The molecule has 1 aliphatic heterocycles. The summed E-state index contributed by atoms with van der Waals surface area (Å²) in [5.74, 6) is 2.38. The minimum absolute atomic E-state index is 0.182. The molecule has 2 N–H and O–H groups in total. The van der Waals surface area contributed by atoms with E-state index in [9.17, 15) is 0 Å². The highest BCUT2D eigenvalue weighted by Gasteiger charge is 2.17. The summed E-state index contributed by atoms with van der Waals surface area (Å²) in [5.41, 5.74) is 8.19. The minimum Gasteiger partial charge on any atom is -0.454 e. The van der Waals surface area contributed by atoms with Crippen molar-refractivity contribution >= 4 is 34.1 Å². The van der Waals surface area contributed by atoms with Gasteiger partial charge < -0.3 is 15.2 Å². The number of ether oxygens (including phenoxy) is 2. The molecule has 3 heterocycles. The first-order valence-electron chi connectivity index (χ1n) is 7.67. The number of nitrogen functional groups attached to an aromatic ring is 1. The summed E-state index contributed by atoms with van der Waals surface area (Å²) in [5, 5.41) is 5.58. The van der Waals surface area contributed by atoms with Crippen molar-refractivity contribution < 1.29 is 9.47 Å². The minimum atomic E-state index is 0.182. The van der Waals surface area contributed by atoms with Crippen molar-refractivity contribution in [3.05, 3.63) is 52.8 Å². The molecule has 2 aromatic carbocycles. The summed E-state index contributed by atoms with van der Waals surface area (Å²) in [6.07, 6.45) is 0.540. The van der Waals surface area contributed by atoms with Crippen molar-refractivity contribution in [2.75, 3.05) is 12.5 Å². The van der Waals surface area contributed by atoms with Gasteiger partial charge in [0, 0.05) is 6.42 Å². The first-order chi connectivity index (χ1) is 12.2. The average Bonchev–Trinajstić information content (AvgIpc) is 3.20. The van der Waals surface area contributed by atoms with Gasteiger partial charge in [-0.2, -0.15) is 9.50 Å². The Balaban J connectivity index is 1.69. The van der Waals surface area contributed by atoms with Gasteiger partial charge >= 0.3 is 0 Å². The number of fused-ring (bicyclic) bond motifs is 4. The molecule has 25 heavy (non-hydrogen) atoms. The second-order valence-corrected chi connectivity index (χ2v) is 6.14. The monoisotopic (exact) mass is 353 g/mol. The number of rotatable bonds is 2. The average molecular weight is 354 g/mol. The van der Waals surface area contributed by atoms with Gasteiger partial charge in [0.2, 0.25) is 12.7 Å². The van der Waals surface area contributed by atoms with Crippen LogP contribution in [0, 0.1) is 0 Å². The molecule has 0 unspecified atom stereocenters. The van der Waals surface area contributed by atoms with Crippen LogP contribution in [0.2, 0.25) is 5.02 Å². The lowest BCUT2D eigenvalue weighted by molar-refractivity contribution is 0.174. The van der Waals surface area contributed by atoms with E-state index >= 15 is 0 Å². The van der Waals surface area contributed by atoms with Crippen molar-refractivity contribution in [1.29, 1.82) is 0 Å². The van der Waals surface area contributed by atoms with Crippen LogP contribution in [-0.4, -0.2) is 26.4 Å². The lowest BCUT2D eigenvalue weighted by Crippen LogP contribution is -2.05. The van der Waals surface area contributed by atoms with Crippen LogP contribution in [0.1, 0.15) is 11.4 Å². The molecule has 0 spiro atoms. The summed E-state index contributed by atoms with van der Waals surface area (Å²) >= 11 is 6.33. The van der Waals surface area contributed by atoms with Crippen LogP contribution >= 0.6 is 11.6 Å². The fourth-order valence-corrected chi connectivity index (χ4v) is 3.29. The van der Waals surface area contributed by atoms with E-state index in [1.807, 2.05) is 30.3 Å². The highest BCUT2D eigenvalue weighted by atomic mass is 35.5. The molecule has 0 fully saturated rings. The quantitative estimate of drug-likeness (QED) is 0.596. The summed E-state index contributed by atoms with van der Waals surface area (Å²) in [6, 6.07) is 11.4. The van der Waals surface area contributed by atoms with Gasteiger partial charge in [0.25, 0.3) is 0 Å². The third-order valence-corrected chi connectivity index (χ3v) is 4.45. The Morgan fingerprint density at radius 3 is 2.92 bits per heavy atom. The molecular formula is C17H12ClN5O2. The van der Waals surface area contributed by atoms with Gasteiger partial charge in [0.15, 0.2) is 17.1 Å². The summed E-state index contributed by atoms with van der Waals surface area (Å²) in [7, 11) is 0. The van der Waals surface area contributed by atoms with Crippen LogP contribution < -0.4 is 15.2 Å². The van der Waals surface area contributed by atoms with E-state index < -0.39 is 0 Å². The van der Waals surface area contributed by atoms with Crippen molar-refractivity contribution in [2.24, 2.45) is 0 Å². The largest absolute Gasteiger partial charge is 0.454 e. The molecule has 0 aliphatic carbocycles. The maximum Gasteiger partial charge on any atom is 0.240 e. The fraction of sp³-hybridized carbons (Fsp3) is 0.118. The van der Waals surface area contributed by atoms with E-state index in [1.165, 1.54) is 0 Å². The Morgan fingerprint density at radius 2 is 2.00 bits per heavy atom. The van der Waals surface area contributed by atoms with Crippen molar-refractivity contribution in [1.82, 2.24) is 19.6 Å². The highest BCUT2D eigenvalue weighted by molar-refractivity contribution is 6.36. The van der Waals surface area contributed by atoms with Crippen LogP contribution in [0.5, 0.6) is 11.5 Å². The van der Waals surface area contributed by atoms with E-state index in [0.29, 0.717) is 22.9 Å². The number of nitrogens with two attached hydrogens (primary N) is 1. The zero-order valence-electron chi connectivity index (χ0n) is 12.9. The van der Waals surface area contributed by atoms with E-state index in [0.717, 1.165) is 28.0 Å². The first kappa shape index (κ1) is 14.3. The predicted octanol–water partition coefficient (Wildman–Crippen LogP) is 2.83. The molecule has 0 bridgehead atoms. The zero-order valence-corrected chi connectivity index (χ0v) is 13.7. The molecule has 0 saturated heterocycles.